The smallest absolute Gasteiger partial charge is 0.274 e. The standard InChI is InChI=1S/C9H7Cl2N3OS/c1-5-12-2-6(16-5)3-14-4-13-8(11)7(10)9(14)15/h2,4H,3H2,1H3. The van der Waals surface area contributed by atoms with Gasteiger partial charge in [0.25, 0.3) is 5.56 Å². The fraction of sp³-hybridized carbons (Fsp3) is 0.222. The third-order valence-electron chi connectivity index (χ3n) is 1.94. The minimum Gasteiger partial charge on any atom is -0.293 e. The molecule has 2 rings (SSSR count). The third-order valence-corrected chi connectivity index (χ3v) is 3.56. The molecule has 84 valence electrons. The van der Waals surface area contributed by atoms with E-state index in [4.69, 9.17) is 23.2 Å². The summed E-state index contributed by atoms with van der Waals surface area (Å²) in [7, 11) is 0. The summed E-state index contributed by atoms with van der Waals surface area (Å²) in [5.74, 6) is 0. The number of hydrogen-bond donors (Lipinski definition) is 0. The highest BCUT2D eigenvalue weighted by Gasteiger charge is 2.08. The van der Waals surface area contributed by atoms with Crippen LogP contribution in [-0.4, -0.2) is 14.5 Å². The highest BCUT2D eigenvalue weighted by atomic mass is 35.5. The number of thiazole rings is 1. The molecule has 0 radical (unpaired) electrons. The van der Waals surface area contributed by atoms with Crippen LogP contribution in [-0.2, 0) is 6.54 Å². The number of aryl methyl sites for hydroxylation is 1. The molecule has 2 aromatic heterocycles. The molecule has 0 atom stereocenters. The summed E-state index contributed by atoms with van der Waals surface area (Å²) in [6.45, 7) is 2.32. The van der Waals surface area contributed by atoms with E-state index in [2.05, 4.69) is 9.97 Å². The van der Waals surface area contributed by atoms with Crippen molar-refractivity contribution in [3.05, 3.63) is 42.9 Å². The van der Waals surface area contributed by atoms with Crippen LogP contribution in [0.4, 0.5) is 0 Å². The van der Waals surface area contributed by atoms with Crippen molar-refractivity contribution in [1.82, 2.24) is 14.5 Å². The molecule has 0 unspecified atom stereocenters. The molecule has 2 aromatic rings. The summed E-state index contributed by atoms with van der Waals surface area (Å²) >= 11 is 12.9. The molecule has 0 saturated heterocycles. The molecule has 0 saturated carbocycles. The highest BCUT2D eigenvalue weighted by molar-refractivity contribution is 7.11. The van der Waals surface area contributed by atoms with Crippen molar-refractivity contribution in [1.29, 1.82) is 0 Å². The summed E-state index contributed by atoms with van der Waals surface area (Å²) in [6.07, 6.45) is 3.11. The lowest BCUT2D eigenvalue weighted by molar-refractivity contribution is 0.744. The Morgan fingerprint density at radius 3 is 2.81 bits per heavy atom. The fourth-order valence-corrected chi connectivity index (χ4v) is 2.28. The molecule has 0 fully saturated rings. The monoisotopic (exact) mass is 275 g/mol. The van der Waals surface area contributed by atoms with Gasteiger partial charge >= 0.3 is 0 Å². The summed E-state index contributed by atoms with van der Waals surface area (Å²) in [6, 6.07) is 0. The first-order chi connectivity index (χ1) is 7.58. The van der Waals surface area contributed by atoms with Gasteiger partial charge in [-0.05, 0) is 6.92 Å². The summed E-state index contributed by atoms with van der Waals surface area (Å²) in [5, 5.41) is 0.935. The first-order valence-corrected chi connectivity index (χ1v) is 5.97. The lowest BCUT2D eigenvalue weighted by Gasteiger charge is -2.03. The van der Waals surface area contributed by atoms with Crippen LogP contribution < -0.4 is 5.56 Å². The quantitative estimate of drug-likeness (QED) is 0.791. The Balaban J connectivity index is 2.36. The van der Waals surface area contributed by atoms with Crippen molar-refractivity contribution in [2.24, 2.45) is 0 Å². The third kappa shape index (κ3) is 2.26. The SMILES string of the molecule is Cc1ncc(Cn2cnc(Cl)c(Cl)c2=O)s1. The molecule has 0 bridgehead atoms. The molecule has 0 amide bonds. The minimum absolute atomic E-state index is 0.0309. The zero-order valence-corrected chi connectivity index (χ0v) is 10.6. The van der Waals surface area contributed by atoms with Gasteiger partial charge in [-0.25, -0.2) is 9.97 Å². The Kier molecular flexibility index (Phi) is 3.28. The summed E-state index contributed by atoms with van der Waals surface area (Å²) in [5.41, 5.74) is -0.340. The molecule has 7 heteroatoms. The first-order valence-electron chi connectivity index (χ1n) is 4.39. The van der Waals surface area contributed by atoms with Gasteiger partial charge in [-0.3, -0.25) is 9.36 Å². The van der Waals surface area contributed by atoms with Crippen LogP contribution in [0, 0.1) is 6.92 Å². The topological polar surface area (TPSA) is 47.8 Å². The molecule has 0 aliphatic carbocycles. The lowest BCUT2D eigenvalue weighted by atomic mass is 10.5. The molecule has 0 aliphatic heterocycles. The van der Waals surface area contributed by atoms with Crippen molar-refractivity contribution in [3.63, 3.8) is 0 Å². The second-order valence-corrected chi connectivity index (χ2v) is 5.18. The Hall–Kier alpha value is -0.910. The second kappa shape index (κ2) is 4.53. The fourth-order valence-electron chi connectivity index (χ4n) is 1.20. The van der Waals surface area contributed by atoms with Crippen LogP contribution in [0.3, 0.4) is 0 Å². The largest absolute Gasteiger partial charge is 0.293 e. The summed E-state index contributed by atoms with van der Waals surface area (Å²) < 4.78 is 1.40. The molecule has 0 N–H and O–H groups in total. The van der Waals surface area contributed by atoms with Gasteiger partial charge in [0.05, 0.1) is 17.9 Å². The maximum atomic E-state index is 11.7. The van der Waals surface area contributed by atoms with Gasteiger partial charge in [0.2, 0.25) is 0 Å². The van der Waals surface area contributed by atoms with E-state index in [1.54, 1.807) is 6.20 Å². The van der Waals surface area contributed by atoms with E-state index in [0.29, 0.717) is 6.54 Å². The van der Waals surface area contributed by atoms with Crippen molar-refractivity contribution in [2.75, 3.05) is 0 Å². The number of halogens is 2. The summed E-state index contributed by atoms with van der Waals surface area (Å²) in [4.78, 5) is 20.6. The number of aromatic nitrogens is 3. The van der Waals surface area contributed by atoms with Gasteiger partial charge < -0.3 is 0 Å². The van der Waals surface area contributed by atoms with E-state index in [0.717, 1.165) is 9.88 Å². The lowest BCUT2D eigenvalue weighted by Crippen LogP contribution is -2.21. The van der Waals surface area contributed by atoms with Gasteiger partial charge in [-0.15, -0.1) is 11.3 Å². The Morgan fingerprint density at radius 2 is 2.19 bits per heavy atom. The molecular formula is C9H7Cl2N3OS. The van der Waals surface area contributed by atoms with Crippen molar-refractivity contribution < 1.29 is 0 Å². The van der Waals surface area contributed by atoms with E-state index in [-0.39, 0.29) is 15.7 Å². The van der Waals surface area contributed by atoms with E-state index in [9.17, 15) is 4.79 Å². The van der Waals surface area contributed by atoms with Gasteiger partial charge in [-0.2, -0.15) is 0 Å². The van der Waals surface area contributed by atoms with Crippen LogP contribution in [0.15, 0.2) is 17.3 Å². The van der Waals surface area contributed by atoms with Crippen LogP contribution in [0.25, 0.3) is 0 Å². The maximum absolute atomic E-state index is 11.7. The molecule has 0 spiro atoms. The van der Waals surface area contributed by atoms with E-state index in [1.807, 2.05) is 6.92 Å². The van der Waals surface area contributed by atoms with E-state index < -0.39 is 0 Å². The highest BCUT2D eigenvalue weighted by Crippen LogP contribution is 2.15. The Bertz CT molecular complexity index is 578. The van der Waals surface area contributed by atoms with Crippen LogP contribution in [0.2, 0.25) is 10.2 Å². The van der Waals surface area contributed by atoms with Gasteiger partial charge in [0.1, 0.15) is 5.02 Å². The number of hydrogen-bond acceptors (Lipinski definition) is 4. The van der Waals surface area contributed by atoms with Crippen LogP contribution >= 0.6 is 34.5 Å². The van der Waals surface area contributed by atoms with Crippen LogP contribution in [0.5, 0.6) is 0 Å². The van der Waals surface area contributed by atoms with E-state index in [1.165, 1.54) is 22.2 Å². The molecule has 4 nitrogen and oxygen atoms in total. The van der Waals surface area contributed by atoms with Gasteiger partial charge in [-0.1, -0.05) is 23.2 Å². The number of nitrogens with zero attached hydrogens (tertiary/aromatic N) is 3. The molecule has 0 aromatic carbocycles. The van der Waals surface area contributed by atoms with Crippen molar-refractivity contribution in [3.8, 4) is 0 Å². The second-order valence-electron chi connectivity index (χ2n) is 3.13. The maximum Gasteiger partial charge on any atom is 0.274 e. The van der Waals surface area contributed by atoms with Crippen molar-refractivity contribution >= 4 is 34.5 Å². The molecule has 16 heavy (non-hydrogen) atoms. The number of rotatable bonds is 2. The molecule has 0 aliphatic rings. The average molecular weight is 276 g/mol. The zero-order chi connectivity index (χ0) is 11.7. The molecule has 2 heterocycles. The normalized spacial score (nSPS) is 10.7. The van der Waals surface area contributed by atoms with E-state index >= 15 is 0 Å². The van der Waals surface area contributed by atoms with Gasteiger partial charge in [0, 0.05) is 11.1 Å². The first kappa shape index (κ1) is 11.6. The predicted molar refractivity (Wildman–Crippen MR) is 64.5 cm³/mol. The van der Waals surface area contributed by atoms with Crippen LogP contribution in [0.1, 0.15) is 9.88 Å². The zero-order valence-electron chi connectivity index (χ0n) is 8.28. The Morgan fingerprint density at radius 1 is 1.44 bits per heavy atom. The van der Waals surface area contributed by atoms with Gasteiger partial charge in [0.15, 0.2) is 5.15 Å². The predicted octanol–water partition coefficient (Wildman–Crippen LogP) is 2.36. The Labute approximate surface area is 105 Å². The molecular weight excluding hydrogens is 269 g/mol. The van der Waals surface area contributed by atoms with Crippen molar-refractivity contribution in [2.45, 2.75) is 13.5 Å². The average Bonchev–Trinajstić information content (AvgIpc) is 2.65. The minimum atomic E-state index is -0.340.